The fourth-order valence-corrected chi connectivity index (χ4v) is 2.00. The van der Waals surface area contributed by atoms with Crippen molar-refractivity contribution in [2.45, 2.75) is 46.7 Å². The van der Waals surface area contributed by atoms with Gasteiger partial charge in [-0.2, -0.15) is 4.98 Å². The maximum Gasteiger partial charge on any atom is 0.223 e. The second kappa shape index (κ2) is 6.54. The van der Waals surface area contributed by atoms with Crippen molar-refractivity contribution in [3.8, 4) is 5.88 Å². The minimum Gasteiger partial charge on any atom is -0.476 e. The zero-order chi connectivity index (χ0) is 13.7. The van der Waals surface area contributed by atoms with Crippen LogP contribution in [0.1, 0.15) is 33.4 Å². The quantitative estimate of drug-likeness (QED) is 0.837. The van der Waals surface area contributed by atoms with Gasteiger partial charge in [0.1, 0.15) is 6.61 Å². The summed E-state index contributed by atoms with van der Waals surface area (Å²) < 4.78 is 5.63. The van der Waals surface area contributed by atoms with E-state index in [2.05, 4.69) is 42.6 Å². The van der Waals surface area contributed by atoms with E-state index in [0.29, 0.717) is 24.6 Å². The van der Waals surface area contributed by atoms with Crippen LogP contribution < -0.4 is 10.5 Å². The molecule has 0 aromatic carbocycles. The molecule has 102 valence electrons. The van der Waals surface area contributed by atoms with Gasteiger partial charge in [0.25, 0.3) is 0 Å². The van der Waals surface area contributed by atoms with E-state index in [0.717, 1.165) is 12.2 Å². The molecule has 0 atom stereocenters. The standard InChI is InChI=1S/C13H24N4O/c1-9(2)17(10(3)4)6-7-18-12-8-11(5)15-13(14)16-12/h8-10H,6-7H2,1-5H3,(H2,14,15,16). The molecular formula is C13H24N4O. The molecule has 0 aliphatic carbocycles. The monoisotopic (exact) mass is 252 g/mol. The number of nitrogen functional groups attached to an aromatic ring is 1. The van der Waals surface area contributed by atoms with Crippen LogP contribution in [0.4, 0.5) is 5.95 Å². The van der Waals surface area contributed by atoms with Crippen molar-refractivity contribution < 1.29 is 4.74 Å². The van der Waals surface area contributed by atoms with Crippen LogP contribution in [0.3, 0.4) is 0 Å². The molecule has 0 bridgehead atoms. The number of ether oxygens (including phenoxy) is 1. The summed E-state index contributed by atoms with van der Waals surface area (Å²) in [6, 6.07) is 2.81. The van der Waals surface area contributed by atoms with Crippen LogP contribution in [0.15, 0.2) is 6.07 Å². The number of nitrogens with two attached hydrogens (primary N) is 1. The summed E-state index contributed by atoms with van der Waals surface area (Å²) in [6.07, 6.45) is 0. The highest BCUT2D eigenvalue weighted by Gasteiger charge is 2.13. The molecular weight excluding hydrogens is 228 g/mol. The summed E-state index contributed by atoms with van der Waals surface area (Å²) in [7, 11) is 0. The Morgan fingerprint density at radius 3 is 2.33 bits per heavy atom. The maximum atomic E-state index is 5.63. The average Bonchev–Trinajstić information content (AvgIpc) is 2.21. The molecule has 0 aliphatic heterocycles. The fourth-order valence-electron chi connectivity index (χ4n) is 2.00. The number of hydrogen-bond acceptors (Lipinski definition) is 5. The largest absolute Gasteiger partial charge is 0.476 e. The van der Waals surface area contributed by atoms with Crippen LogP contribution in [-0.2, 0) is 0 Å². The Labute approximate surface area is 109 Å². The van der Waals surface area contributed by atoms with E-state index in [1.807, 2.05) is 6.92 Å². The van der Waals surface area contributed by atoms with E-state index >= 15 is 0 Å². The van der Waals surface area contributed by atoms with E-state index in [-0.39, 0.29) is 5.95 Å². The lowest BCUT2D eigenvalue weighted by atomic mass is 10.2. The summed E-state index contributed by atoms with van der Waals surface area (Å²) >= 11 is 0. The number of rotatable bonds is 6. The molecule has 0 spiro atoms. The number of aryl methyl sites for hydroxylation is 1. The molecule has 1 rings (SSSR count). The Hall–Kier alpha value is -1.36. The Morgan fingerprint density at radius 1 is 1.22 bits per heavy atom. The number of aromatic nitrogens is 2. The van der Waals surface area contributed by atoms with Crippen LogP contribution in [-0.4, -0.2) is 40.1 Å². The van der Waals surface area contributed by atoms with Crippen molar-refractivity contribution in [2.75, 3.05) is 18.9 Å². The molecule has 2 N–H and O–H groups in total. The first-order valence-corrected chi connectivity index (χ1v) is 6.40. The first-order valence-electron chi connectivity index (χ1n) is 6.40. The van der Waals surface area contributed by atoms with E-state index in [9.17, 15) is 0 Å². The lowest BCUT2D eigenvalue weighted by Gasteiger charge is -2.30. The zero-order valence-electron chi connectivity index (χ0n) is 12.0. The van der Waals surface area contributed by atoms with Crippen molar-refractivity contribution in [3.05, 3.63) is 11.8 Å². The highest BCUT2D eigenvalue weighted by atomic mass is 16.5. The lowest BCUT2D eigenvalue weighted by molar-refractivity contribution is 0.140. The third kappa shape index (κ3) is 4.49. The number of nitrogens with zero attached hydrogens (tertiary/aromatic N) is 3. The summed E-state index contributed by atoms with van der Waals surface area (Å²) in [6.45, 7) is 12.1. The molecule has 0 fully saturated rings. The van der Waals surface area contributed by atoms with Gasteiger partial charge in [0.2, 0.25) is 11.8 Å². The summed E-state index contributed by atoms with van der Waals surface area (Å²) in [4.78, 5) is 10.4. The van der Waals surface area contributed by atoms with Crippen LogP contribution in [0, 0.1) is 6.92 Å². The Bertz CT molecular complexity index is 351. The van der Waals surface area contributed by atoms with Gasteiger partial charge < -0.3 is 10.5 Å². The van der Waals surface area contributed by atoms with Crippen molar-refractivity contribution >= 4 is 5.95 Å². The van der Waals surface area contributed by atoms with E-state index in [4.69, 9.17) is 10.5 Å². The van der Waals surface area contributed by atoms with Gasteiger partial charge in [0.15, 0.2) is 0 Å². The fraction of sp³-hybridized carbons (Fsp3) is 0.692. The Balaban J connectivity index is 2.50. The minimum atomic E-state index is 0.259. The predicted octanol–water partition coefficient (Wildman–Crippen LogP) is 1.86. The molecule has 0 unspecified atom stereocenters. The van der Waals surface area contributed by atoms with Crippen molar-refractivity contribution in [2.24, 2.45) is 0 Å². The van der Waals surface area contributed by atoms with E-state index < -0.39 is 0 Å². The predicted molar refractivity (Wildman–Crippen MR) is 73.7 cm³/mol. The molecule has 1 aromatic heterocycles. The topological polar surface area (TPSA) is 64.3 Å². The summed E-state index contributed by atoms with van der Waals surface area (Å²) in [5.41, 5.74) is 6.40. The normalized spacial score (nSPS) is 11.6. The number of hydrogen-bond donors (Lipinski definition) is 1. The van der Waals surface area contributed by atoms with Crippen LogP contribution >= 0.6 is 0 Å². The van der Waals surface area contributed by atoms with Gasteiger partial charge in [0, 0.05) is 30.4 Å². The van der Waals surface area contributed by atoms with Gasteiger partial charge in [-0.3, -0.25) is 4.90 Å². The Morgan fingerprint density at radius 2 is 1.83 bits per heavy atom. The maximum absolute atomic E-state index is 5.63. The van der Waals surface area contributed by atoms with Crippen molar-refractivity contribution in [1.82, 2.24) is 14.9 Å². The SMILES string of the molecule is Cc1cc(OCCN(C(C)C)C(C)C)nc(N)n1. The van der Waals surface area contributed by atoms with Gasteiger partial charge >= 0.3 is 0 Å². The molecule has 0 amide bonds. The lowest BCUT2D eigenvalue weighted by Crippen LogP contribution is -2.39. The van der Waals surface area contributed by atoms with Gasteiger partial charge in [-0.1, -0.05) is 0 Å². The van der Waals surface area contributed by atoms with Crippen molar-refractivity contribution in [1.29, 1.82) is 0 Å². The Kier molecular flexibility index (Phi) is 5.34. The molecule has 0 saturated carbocycles. The van der Waals surface area contributed by atoms with Crippen LogP contribution in [0.5, 0.6) is 5.88 Å². The summed E-state index contributed by atoms with van der Waals surface area (Å²) in [5.74, 6) is 0.807. The van der Waals surface area contributed by atoms with Crippen molar-refractivity contribution in [3.63, 3.8) is 0 Å². The van der Waals surface area contributed by atoms with Gasteiger partial charge in [0.05, 0.1) is 0 Å². The zero-order valence-corrected chi connectivity index (χ0v) is 12.0. The van der Waals surface area contributed by atoms with Crippen LogP contribution in [0.2, 0.25) is 0 Å². The second-order valence-corrected chi connectivity index (χ2v) is 4.98. The first kappa shape index (κ1) is 14.7. The molecule has 0 saturated heterocycles. The third-order valence-electron chi connectivity index (χ3n) is 2.77. The van der Waals surface area contributed by atoms with Crippen LogP contribution in [0.25, 0.3) is 0 Å². The molecule has 1 aromatic rings. The van der Waals surface area contributed by atoms with Gasteiger partial charge in [-0.25, -0.2) is 4.98 Å². The van der Waals surface area contributed by atoms with Gasteiger partial charge in [-0.15, -0.1) is 0 Å². The highest BCUT2D eigenvalue weighted by molar-refractivity contribution is 5.25. The molecule has 18 heavy (non-hydrogen) atoms. The third-order valence-corrected chi connectivity index (χ3v) is 2.77. The first-order chi connectivity index (χ1) is 8.40. The molecule has 0 aliphatic rings. The molecule has 0 radical (unpaired) electrons. The second-order valence-electron chi connectivity index (χ2n) is 4.98. The molecule has 1 heterocycles. The van der Waals surface area contributed by atoms with E-state index in [1.165, 1.54) is 0 Å². The van der Waals surface area contributed by atoms with E-state index in [1.54, 1.807) is 6.07 Å². The molecule has 5 nitrogen and oxygen atoms in total. The van der Waals surface area contributed by atoms with Gasteiger partial charge in [-0.05, 0) is 34.6 Å². The summed E-state index contributed by atoms with van der Waals surface area (Å²) in [5, 5.41) is 0. The average molecular weight is 252 g/mol. The highest BCUT2D eigenvalue weighted by Crippen LogP contribution is 2.10. The molecule has 5 heteroatoms. The minimum absolute atomic E-state index is 0.259. The smallest absolute Gasteiger partial charge is 0.223 e. The number of anilines is 1.